The Balaban J connectivity index is 2.04. The topological polar surface area (TPSA) is 74.2 Å². The highest BCUT2D eigenvalue weighted by molar-refractivity contribution is 6.03. The summed E-state index contributed by atoms with van der Waals surface area (Å²) in [5.74, 6) is 1.92. The van der Waals surface area contributed by atoms with Gasteiger partial charge in [0.15, 0.2) is 17.3 Å². The van der Waals surface area contributed by atoms with Crippen molar-refractivity contribution in [2.75, 3.05) is 20.3 Å². The minimum Gasteiger partial charge on any atom is -0.507 e. The summed E-state index contributed by atoms with van der Waals surface area (Å²) in [5, 5.41) is 10.6. The van der Waals surface area contributed by atoms with Crippen LogP contribution in [0.3, 0.4) is 0 Å². The second-order valence-electron chi connectivity index (χ2n) is 6.64. The smallest absolute Gasteiger partial charge is 0.174 e. The number of carbonyl (C=O) groups is 1. The third-order valence-electron chi connectivity index (χ3n) is 4.90. The van der Waals surface area contributed by atoms with Crippen molar-refractivity contribution in [1.82, 2.24) is 0 Å². The number of ether oxygens (including phenoxy) is 4. The van der Waals surface area contributed by atoms with Gasteiger partial charge in [-0.2, -0.15) is 0 Å². The number of benzene rings is 2. The fourth-order valence-corrected chi connectivity index (χ4v) is 3.54. The maximum atomic E-state index is 12.9. The van der Waals surface area contributed by atoms with Crippen LogP contribution >= 0.6 is 0 Å². The highest BCUT2D eigenvalue weighted by atomic mass is 16.5. The van der Waals surface area contributed by atoms with E-state index in [-0.39, 0.29) is 23.5 Å². The molecule has 1 heterocycles. The third kappa shape index (κ3) is 3.35. The summed E-state index contributed by atoms with van der Waals surface area (Å²) in [6.07, 6.45) is -0.357. The molecule has 0 saturated heterocycles. The molecule has 3 rings (SSSR count). The Hall–Kier alpha value is -2.89. The Morgan fingerprint density at radius 1 is 1.11 bits per heavy atom. The lowest BCUT2D eigenvalue weighted by Crippen LogP contribution is -2.22. The molecule has 1 aliphatic heterocycles. The van der Waals surface area contributed by atoms with E-state index in [1.54, 1.807) is 14.0 Å². The molecule has 150 valence electrons. The first-order valence-electron chi connectivity index (χ1n) is 9.42. The molecule has 2 aromatic rings. The number of aromatic hydroxyl groups is 1. The van der Waals surface area contributed by atoms with E-state index >= 15 is 0 Å². The lowest BCUT2D eigenvalue weighted by atomic mass is 9.91. The first kappa shape index (κ1) is 19.9. The molecule has 6 nitrogen and oxygen atoms in total. The monoisotopic (exact) mass is 386 g/mol. The van der Waals surface area contributed by atoms with Crippen molar-refractivity contribution < 1.29 is 28.8 Å². The van der Waals surface area contributed by atoms with Crippen LogP contribution in [0.4, 0.5) is 0 Å². The fourth-order valence-electron chi connectivity index (χ4n) is 3.54. The fraction of sp³-hybridized carbons (Fsp3) is 0.409. The van der Waals surface area contributed by atoms with Crippen LogP contribution in [0.25, 0.3) is 0 Å². The van der Waals surface area contributed by atoms with Gasteiger partial charge in [0.2, 0.25) is 0 Å². The first-order chi connectivity index (χ1) is 13.4. The predicted octanol–water partition coefficient (Wildman–Crippen LogP) is 4.52. The number of rotatable bonds is 6. The molecule has 0 saturated carbocycles. The summed E-state index contributed by atoms with van der Waals surface area (Å²) >= 11 is 0. The highest BCUT2D eigenvalue weighted by Crippen LogP contribution is 2.48. The van der Waals surface area contributed by atoms with E-state index in [0.717, 1.165) is 5.56 Å². The van der Waals surface area contributed by atoms with Crippen LogP contribution < -0.4 is 18.9 Å². The molecular weight excluding hydrogens is 360 g/mol. The second-order valence-corrected chi connectivity index (χ2v) is 6.64. The second kappa shape index (κ2) is 8.00. The SMILES string of the molecule is CCOc1ccc([C@H]2CC(=O)c3c(O)c(C)c(OCC)c(C)c3O2)cc1OC. The zero-order valence-electron chi connectivity index (χ0n) is 16.9. The number of fused-ring (bicyclic) bond motifs is 1. The van der Waals surface area contributed by atoms with E-state index in [9.17, 15) is 9.90 Å². The molecule has 2 aromatic carbocycles. The molecule has 1 aliphatic rings. The van der Waals surface area contributed by atoms with Crippen molar-refractivity contribution in [3.63, 3.8) is 0 Å². The Labute approximate surface area is 165 Å². The molecule has 6 heteroatoms. The van der Waals surface area contributed by atoms with Crippen LogP contribution in [0.1, 0.15) is 53.4 Å². The van der Waals surface area contributed by atoms with E-state index in [4.69, 9.17) is 18.9 Å². The number of Topliss-reactive ketones (excluding diaryl/α,β-unsaturated/α-hetero) is 1. The number of hydrogen-bond donors (Lipinski definition) is 1. The number of methoxy groups -OCH3 is 1. The lowest BCUT2D eigenvalue weighted by Gasteiger charge is -2.29. The summed E-state index contributed by atoms with van der Waals surface area (Å²) in [5.41, 5.74) is 2.30. The standard InChI is InChI=1S/C22H26O6/c1-6-26-16-9-8-14(10-18(16)25-5)17-11-15(23)19-20(24)12(3)21(27-7-2)13(4)22(19)28-17/h8-10,17,24H,6-7,11H2,1-5H3/t17-/m1/s1. The van der Waals surface area contributed by atoms with E-state index in [0.29, 0.717) is 47.3 Å². The molecule has 0 unspecified atom stereocenters. The normalized spacial score (nSPS) is 15.6. The number of carbonyl (C=O) groups excluding carboxylic acids is 1. The first-order valence-corrected chi connectivity index (χ1v) is 9.42. The molecule has 0 fully saturated rings. The molecular formula is C22H26O6. The molecule has 0 aliphatic carbocycles. The van der Waals surface area contributed by atoms with Gasteiger partial charge >= 0.3 is 0 Å². The van der Waals surface area contributed by atoms with Crippen LogP contribution in [0.5, 0.6) is 28.7 Å². The molecule has 0 spiro atoms. The number of hydrogen-bond acceptors (Lipinski definition) is 6. The quantitative estimate of drug-likeness (QED) is 0.787. The molecule has 1 N–H and O–H groups in total. The summed E-state index contributed by atoms with van der Waals surface area (Å²) in [7, 11) is 1.57. The van der Waals surface area contributed by atoms with Crippen molar-refractivity contribution in [3.8, 4) is 28.7 Å². The van der Waals surface area contributed by atoms with Gasteiger partial charge in [0.1, 0.15) is 28.9 Å². The minimum absolute atomic E-state index is 0.0724. The van der Waals surface area contributed by atoms with E-state index in [2.05, 4.69) is 0 Å². The van der Waals surface area contributed by atoms with Gasteiger partial charge in [0, 0.05) is 11.1 Å². The van der Waals surface area contributed by atoms with E-state index in [1.807, 2.05) is 39.0 Å². The number of phenols is 1. The van der Waals surface area contributed by atoms with Gasteiger partial charge in [-0.15, -0.1) is 0 Å². The van der Waals surface area contributed by atoms with Crippen LogP contribution in [-0.2, 0) is 0 Å². The average Bonchev–Trinajstić information content (AvgIpc) is 2.69. The number of phenolic OH excluding ortho intramolecular Hbond substituents is 1. The van der Waals surface area contributed by atoms with Crippen LogP contribution in [0, 0.1) is 13.8 Å². The minimum atomic E-state index is -0.486. The van der Waals surface area contributed by atoms with Crippen LogP contribution in [-0.4, -0.2) is 31.2 Å². The Morgan fingerprint density at radius 3 is 2.46 bits per heavy atom. The Bertz CT molecular complexity index is 903. The summed E-state index contributed by atoms with van der Waals surface area (Å²) < 4.78 is 22.8. The summed E-state index contributed by atoms with van der Waals surface area (Å²) in [6.45, 7) is 8.33. The molecule has 1 atom stereocenters. The Morgan fingerprint density at radius 2 is 1.82 bits per heavy atom. The van der Waals surface area contributed by atoms with Gasteiger partial charge in [0.25, 0.3) is 0 Å². The highest BCUT2D eigenvalue weighted by Gasteiger charge is 2.34. The summed E-state index contributed by atoms with van der Waals surface area (Å²) in [6, 6.07) is 5.50. The molecule has 28 heavy (non-hydrogen) atoms. The Kier molecular flexibility index (Phi) is 5.68. The van der Waals surface area contributed by atoms with Gasteiger partial charge in [-0.25, -0.2) is 0 Å². The molecule has 0 bridgehead atoms. The average molecular weight is 386 g/mol. The van der Waals surface area contributed by atoms with Gasteiger partial charge in [-0.3, -0.25) is 4.79 Å². The van der Waals surface area contributed by atoms with Crippen molar-refractivity contribution in [3.05, 3.63) is 40.5 Å². The van der Waals surface area contributed by atoms with Gasteiger partial charge in [-0.1, -0.05) is 6.07 Å². The van der Waals surface area contributed by atoms with Gasteiger partial charge < -0.3 is 24.1 Å². The van der Waals surface area contributed by atoms with Crippen molar-refractivity contribution in [2.45, 2.75) is 40.2 Å². The maximum Gasteiger partial charge on any atom is 0.174 e. The molecule has 0 aromatic heterocycles. The molecule has 0 amide bonds. The third-order valence-corrected chi connectivity index (χ3v) is 4.90. The predicted molar refractivity (Wildman–Crippen MR) is 105 cm³/mol. The van der Waals surface area contributed by atoms with Crippen molar-refractivity contribution in [2.24, 2.45) is 0 Å². The van der Waals surface area contributed by atoms with Crippen LogP contribution in [0.15, 0.2) is 18.2 Å². The molecule has 0 radical (unpaired) electrons. The maximum absolute atomic E-state index is 12.9. The van der Waals surface area contributed by atoms with Crippen molar-refractivity contribution >= 4 is 5.78 Å². The zero-order valence-corrected chi connectivity index (χ0v) is 16.9. The lowest BCUT2D eigenvalue weighted by molar-refractivity contribution is 0.0841. The van der Waals surface area contributed by atoms with Gasteiger partial charge in [0.05, 0.1) is 26.7 Å². The van der Waals surface area contributed by atoms with Crippen LogP contribution in [0.2, 0.25) is 0 Å². The van der Waals surface area contributed by atoms with E-state index in [1.165, 1.54) is 0 Å². The van der Waals surface area contributed by atoms with Crippen molar-refractivity contribution in [1.29, 1.82) is 0 Å². The van der Waals surface area contributed by atoms with Gasteiger partial charge in [-0.05, 0) is 45.4 Å². The largest absolute Gasteiger partial charge is 0.507 e. The summed E-state index contributed by atoms with van der Waals surface area (Å²) in [4.78, 5) is 12.9. The number of ketones is 1. The zero-order chi connectivity index (χ0) is 20.4. The van der Waals surface area contributed by atoms with E-state index < -0.39 is 6.10 Å².